The van der Waals surface area contributed by atoms with Crippen LogP contribution in [0.1, 0.15) is 44.9 Å². The predicted octanol–water partition coefficient (Wildman–Crippen LogP) is 0.893. The topological polar surface area (TPSA) is 61.4 Å². The molecule has 2 N–H and O–H groups in total. The molecular weight excluding hydrogens is 266 g/mol. The number of nitrogens with zero attached hydrogens (tertiary/aromatic N) is 1. The maximum absolute atomic E-state index is 12.0. The minimum Gasteiger partial charge on any atom is -0.353 e. The highest BCUT2D eigenvalue weighted by atomic mass is 16.2. The fourth-order valence-corrected chi connectivity index (χ4v) is 3.43. The minimum absolute atomic E-state index is 0.189. The normalized spacial score (nSPS) is 26.9. The van der Waals surface area contributed by atoms with E-state index >= 15 is 0 Å². The molecular formula is C16H27N3O2. The van der Waals surface area contributed by atoms with Gasteiger partial charge in [0.15, 0.2) is 0 Å². The van der Waals surface area contributed by atoms with Crippen LogP contribution in [0.5, 0.6) is 0 Å². The summed E-state index contributed by atoms with van der Waals surface area (Å²) < 4.78 is 0. The number of hydrogen-bond donors (Lipinski definition) is 2. The number of carbonyl (C=O) groups excluding carboxylic acids is 2. The van der Waals surface area contributed by atoms with Crippen LogP contribution in [0.4, 0.5) is 0 Å². The summed E-state index contributed by atoms with van der Waals surface area (Å²) in [6.07, 6.45) is 6.82. The average Bonchev–Trinajstić information content (AvgIpc) is 3.22. The molecule has 21 heavy (non-hydrogen) atoms. The fraction of sp³-hybridized carbons (Fsp3) is 0.875. The molecule has 0 aromatic carbocycles. The van der Waals surface area contributed by atoms with Gasteiger partial charge >= 0.3 is 0 Å². The van der Waals surface area contributed by atoms with Crippen LogP contribution in [0.15, 0.2) is 0 Å². The van der Waals surface area contributed by atoms with E-state index in [1.54, 1.807) is 0 Å². The minimum atomic E-state index is 0.189. The zero-order chi connectivity index (χ0) is 14.7. The Labute approximate surface area is 126 Å². The summed E-state index contributed by atoms with van der Waals surface area (Å²) >= 11 is 0. The summed E-state index contributed by atoms with van der Waals surface area (Å²) in [6, 6.07) is 0.266. The van der Waals surface area contributed by atoms with Crippen molar-refractivity contribution in [2.24, 2.45) is 11.8 Å². The van der Waals surface area contributed by atoms with Gasteiger partial charge in [0.05, 0.1) is 0 Å². The van der Waals surface area contributed by atoms with Crippen molar-refractivity contribution in [2.75, 3.05) is 26.2 Å². The Morgan fingerprint density at radius 2 is 1.86 bits per heavy atom. The molecule has 5 heteroatoms. The third-order valence-corrected chi connectivity index (χ3v) is 5.04. The highest BCUT2D eigenvalue weighted by Crippen LogP contribution is 2.31. The van der Waals surface area contributed by atoms with E-state index in [9.17, 15) is 9.59 Å². The first-order valence-electron chi connectivity index (χ1n) is 8.51. The first-order chi connectivity index (χ1) is 10.2. The van der Waals surface area contributed by atoms with E-state index in [0.29, 0.717) is 24.2 Å². The van der Waals surface area contributed by atoms with Crippen LogP contribution < -0.4 is 10.6 Å². The fourth-order valence-electron chi connectivity index (χ4n) is 3.43. The highest BCUT2D eigenvalue weighted by molar-refractivity contribution is 5.81. The molecule has 3 rings (SSSR count). The largest absolute Gasteiger partial charge is 0.353 e. The van der Waals surface area contributed by atoms with Crippen LogP contribution in [0.25, 0.3) is 0 Å². The van der Waals surface area contributed by atoms with Gasteiger partial charge in [-0.15, -0.1) is 0 Å². The molecule has 5 nitrogen and oxygen atoms in total. The molecule has 3 fully saturated rings. The van der Waals surface area contributed by atoms with Crippen LogP contribution >= 0.6 is 0 Å². The summed E-state index contributed by atoms with van der Waals surface area (Å²) in [7, 11) is 0. The maximum atomic E-state index is 12.0. The van der Waals surface area contributed by atoms with Crippen molar-refractivity contribution in [3.63, 3.8) is 0 Å². The first kappa shape index (κ1) is 14.8. The molecule has 0 spiro atoms. The van der Waals surface area contributed by atoms with Crippen molar-refractivity contribution < 1.29 is 9.59 Å². The van der Waals surface area contributed by atoms with E-state index in [0.717, 1.165) is 58.3 Å². The van der Waals surface area contributed by atoms with Gasteiger partial charge < -0.3 is 15.5 Å². The number of carbonyl (C=O) groups is 2. The Bertz CT molecular complexity index is 381. The maximum Gasteiger partial charge on any atom is 0.225 e. The van der Waals surface area contributed by atoms with Gasteiger partial charge in [-0.05, 0) is 57.5 Å². The lowest BCUT2D eigenvalue weighted by Gasteiger charge is -2.32. The van der Waals surface area contributed by atoms with Crippen molar-refractivity contribution >= 4 is 11.8 Å². The molecule has 1 unspecified atom stereocenters. The molecule has 1 atom stereocenters. The van der Waals surface area contributed by atoms with Crippen molar-refractivity contribution in [1.29, 1.82) is 0 Å². The van der Waals surface area contributed by atoms with Gasteiger partial charge in [-0.1, -0.05) is 0 Å². The van der Waals surface area contributed by atoms with Crippen molar-refractivity contribution in [1.82, 2.24) is 15.5 Å². The molecule has 3 aliphatic rings. The molecule has 2 aliphatic heterocycles. The van der Waals surface area contributed by atoms with E-state index < -0.39 is 0 Å². The van der Waals surface area contributed by atoms with Gasteiger partial charge in [0, 0.05) is 31.5 Å². The number of nitrogens with one attached hydrogen (secondary N) is 2. The van der Waals surface area contributed by atoms with Crippen LogP contribution in [-0.4, -0.2) is 48.9 Å². The van der Waals surface area contributed by atoms with Crippen LogP contribution in [0.2, 0.25) is 0 Å². The molecule has 1 aliphatic carbocycles. The van der Waals surface area contributed by atoms with E-state index in [2.05, 4.69) is 10.6 Å². The number of rotatable bonds is 5. The quantitative estimate of drug-likeness (QED) is 0.791. The molecule has 1 saturated carbocycles. The molecule has 2 heterocycles. The Balaban J connectivity index is 1.32. The van der Waals surface area contributed by atoms with E-state index in [4.69, 9.17) is 0 Å². The Hall–Kier alpha value is -1.10. The Morgan fingerprint density at radius 3 is 2.48 bits per heavy atom. The average molecular weight is 293 g/mol. The molecule has 0 bridgehead atoms. The van der Waals surface area contributed by atoms with E-state index in [1.165, 1.54) is 6.42 Å². The Kier molecular flexibility index (Phi) is 4.78. The summed E-state index contributed by atoms with van der Waals surface area (Å²) in [5, 5.41) is 6.49. The lowest BCUT2D eigenvalue weighted by molar-refractivity contribution is -0.133. The number of likely N-dealkylation sites (tertiary alicyclic amines) is 1. The van der Waals surface area contributed by atoms with Gasteiger partial charge in [-0.25, -0.2) is 0 Å². The molecule has 2 saturated heterocycles. The van der Waals surface area contributed by atoms with Crippen LogP contribution in [0, 0.1) is 11.8 Å². The van der Waals surface area contributed by atoms with Gasteiger partial charge in [0.2, 0.25) is 11.8 Å². The van der Waals surface area contributed by atoms with Crippen molar-refractivity contribution in [3.05, 3.63) is 0 Å². The first-order valence-corrected chi connectivity index (χ1v) is 8.51. The second kappa shape index (κ2) is 6.77. The molecule has 118 valence electrons. The summed E-state index contributed by atoms with van der Waals surface area (Å²) in [4.78, 5) is 26.0. The molecule has 0 aromatic rings. The number of hydrogen-bond acceptors (Lipinski definition) is 3. The molecule has 2 amide bonds. The standard InChI is InChI=1S/C16H27N3O2/c20-15(4-1-12-5-8-17-11-12)18-14-6-9-19(10-7-14)16(21)13-2-3-13/h12-14,17H,1-11H2,(H,18,20). The second-order valence-electron chi connectivity index (χ2n) is 6.84. The van der Waals surface area contributed by atoms with Crippen molar-refractivity contribution in [3.8, 4) is 0 Å². The monoisotopic (exact) mass is 293 g/mol. The zero-order valence-corrected chi connectivity index (χ0v) is 12.8. The summed E-state index contributed by atoms with van der Waals surface area (Å²) in [5.74, 6) is 1.52. The summed E-state index contributed by atoms with van der Waals surface area (Å²) in [5.41, 5.74) is 0. The molecule has 0 aromatic heterocycles. The van der Waals surface area contributed by atoms with Gasteiger partial charge in [-0.2, -0.15) is 0 Å². The van der Waals surface area contributed by atoms with Crippen LogP contribution in [0.3, 0.4) is 0 Å². The SMILES string of the molecule is O=C(CCC1CCNC1)NC1CCN(C(=O)C2CC2)CC1. The lowest BCUT2D eigenvalue weighted by Crippen LogP contribution is -2.47. The van der Waals surface area contributed by atoms with Crippen molar-refractivity contribution in [2.45, 2.75) is 51.0 Å². The third-order valence-electron chi connectivity index (χ3n) is 5.04. The van der Waals surface area contributed by atoms with Crippen LogP contribution in [-0.2, 0) is 9.59 Å². The smallest absolute Gasteiger partial charge is 0.225 e. The zero-order valence-electron chi connectivity index (χ0n) is 12.8. The van der Waals surface area contributed by atoms with Gasteiger partial charge in [-0.3, -0.25) is 9.59 Å². The van der Waals surface area contributed by atoms with E-state index in [1.807, 2.05) is 4.90 Å². The lowest BCUT2D eigenvalue weighted by atomic mass is 10.0. The summed E-state index contributed by atoms with van der Waals surface area (Å²) in [6.45, 7) is 3.79. The Morgan fingerprint density at radius 1 is 1.10 bits per heavy atom. The number of amides is 2. The van der Waals surface area contributed by atoms with E-state index in [-0.39, 0.29) is 11.9 Å². The third kappa shape index (κ3) is 4.19. The number of piperidine rings is 1. The van der Waals surface area contributed by atoms with Gasteiger partial charge in [0.1, 0.15) is 0 Å². The highest BCUT2D eigenvalue weighted by Gasteiger charge is 2.35. The second-order valence-corrected chi connectivity index (χ2v) is 6.84. The predicted molar refractivity (Wildman–Crippen MR) is 80.7 cm³/mol. The van der Waals surface area contributed by atoms with Gasteiger partial charge in [0.25, 0.3) is 0 Å². The molecule has 0 radical (unpaired) electrons.